The molecule has 0 radical (unpaired) electrons. The molecule has 1 aliphatic rings. The number of benzene rings is 1. The molecule has 112 valence electrons. The van der Waals surface area contributed by atoms with Gasteiger partial charge in [-0.15, -0.1) is 0 Å². The van der Waals surface area contributed by atoms with Gasteiger partial charge in [0.05, 0.1) is 6.10 Å². The van der Waals surface area contributed by atoms with Gasteiger partial charge in [0.25, 0.3) is 0 Å². The minimum absolute atomic E-state index is 0.384. The number of nitrogens with one attached hydrogen (secondary N) is 1. The molecule has 0 aromatic heterocycles. The summed E-state index contributed by atoms with van der Waals surface area (Å²) in [6.45, 7) is 8.69. The predicted octanol–water partition coefficient (Wildman–Crippen LogP) is 4.76. The lowest BCUT2D eigenvalue weighted by atomic mass is 9.80. The molecule has 1 aromatic rings. The SMILES string of the molecule is CCNCc1cc(OC2CCC(C)C(C)C2)ccc1Br. The Hall–Kier alpha value is -0.540. The Labute approximate surface area is 131 Å². The van der Waals surface area contributed by atoms with Crippen molar-refractivity contribution < 1.29 is 4.74 Å². The minimum atomic E-state index is 0.384. The highest BCUT2D eigenvalue weighted by Gasteiger charge is 2.25. The van der Waals surface area contributed by atoms with Crippen molar-refractivity contribution in [2.75, 3.05) is 6.54 Å². The highest BCUT2D eigenvalue weighted by Crippen LogP contribution is 2.32. The molecule has 1 fully saturated rings. The van der Waals surface area contributed by atoms with E-state index in [0.717, 1.165) is 35.1 Å². The third-order valence-electron chi connectivity index (χ3n) is 4.44. The van der Waals surface area contributed by atoms with Crippen LogP contribution in [-0.2, 0) is 6.54 Å². The van der Waals surface area contributed by atoms with Crippen LogP contribution in [0.5, 0.6) is 5.75 Å². The quantitative estimate of drug-likeness (QED) is 0.834. The molecule has 0 aliphatic heterocycles. The molecule has 3 unspecified atom stereocenters. The molecule has 3 heteroatoms. The Morgan fingerprint density at radius 3 is 2.75 bits per heavy atom. The third-order valence-corrected chi connectivity index (χ3v) is 5.21. The van der Waals surface area contributed by atoms with Crippen LogP contribution in [0.15, 0.2) is 22.7 Å². The number of ether oxygens (including phenoxy) is 1. The molecule has 1 saturated carbocycles. The fourth-order valence-electron chi connectivity index (χ4n) is 2.82. The summed E-state index contributed by atoms with van der Waals surface area (Å²) < 4.78 is 7.35. The van der Waals surface area contributed by atoms with Crippen molar-refractivity contribution in [1.82, 2.24) is 5.32 Å². The van der Waals surface area contributed by atoms with Gasteiger partial charge in [-0.3, -0.25) is 0 Å². The highest BCUT2D eigenvalue weighted by molar-refractivity contribution is 9.10. The smallest absolute Gasteiger partial charge is 0.120 e. The van der Waals surface area contributed by atoms with Crippen LogP contribution in [0.25, 0.3) is 0 Å². The first-order chi connectivity index (χ1) is 9.60. The average Bonchev–Trinajstić information content (AvgIpc) is 2.43. The van der Waals surface area contributed by atoms with Crippen molar-refractivity contribution in [2.45, 2.75) is 52.7 Å². The zero-order valence-electron chi connectivity index (χ0n) is 12.8. The van der Waals surface area contributed by atoms with Crippen LogP contribution in [0, 0.1) is 11.8 Å². The van der Waals surface area contributed by atoms with Gasteiger partial charge in [0.15, 0.2) is 0 Å². The Morgan fingerprint density at radius 2 is 2.05 bits per heavy atom. The van der Waals surface area contributed by atoms with Crippen LogP contribution in [0.1, 0.15) is 45.6 Å². The van der Waals surface area contributed by atoms with E-state index < -0.39 is 0 Å². The molecule has 2 rings (SSSR count). The van der Waals surface area contributed by atoms with Crippen molar-refractivity contribution in [3.63, 3.8) is 0 Å². The normalized spacial score (nSPS) is 26.5. The summed E-state index contributed by atoms with van der Waals surface area (Å²) in [5.74, 6) is 2.61. The average molecular weight is 340 g/mol. The predicted molar refractivity (Wildman–Crippen MR) is 88.1 cm³/mol. The topological polar surface area (TPSA) is 21.3 Å². The molecule has 2 nitrogen and oxygen atoms in total. The van der Waals surface area contributed by atoms with Crippen LogP contribution in [0.4, 0.5) is 0 Å². The summed E-state index contributed by atoms with van der Waals surface area (Å²) >= 11 is 3.61. The van der Waals surface area contributed by atoms with E-state index in [-0.39, 0.29) is 0 Å². The number of halogens is 1. The van der Waals surface area contributed by atoms with E-state index >= 15 is 0 Å². The maximum Gasteiger partial charge on any atom is 0.120 e. The van der Waals surface area contributed by atoms with Gasteiger partial charge in [-0.05, 0) is 61.4 Å². The second-order valence-corrected chi connectivity index (χ2v) is 6.90. The van der Waals surface area contributed by atoms with E-state index in [4.69, 9.17) is 4.74 Å². The van der Waals surface area contributed by atoms with E-state index in [2.05, 4.69) is 60.2 Å². The zero-order valence-corrected chi connectivity index (χ0v) is 14.4. The molecule has 0 bridgehead atoms. The first-order valence-electron chi connectivity index (χ1n) is 7.76. The monoisotopic (exact) mass is 339 g/mol. The fourth-order valence-corrected chi connectivity index (χ4v) is 3.20. The van der Waals surface area contributed by atoms with Gasteiger partial charge in [-0.1, -0.05) is 36.7 Å². The van der Waals surface area contributed by atoms with E-state index in [1.165, 1.54) is 24.8 Å². The third kappa shape index (κ3) is 4.23. The van der Waals surface area contributed by atoms with Gasteiger partial charge in [0.1, 0.15) is 5.75 Å². The Bertz CT molecular complexity index is 435. The van der Waals surface area contributed by atoms with Gasteiger partial charge in [0.2, 0.25) is 0 Å². The van der Waals surface area contributed by atoms with Gasteiger partial charge < -0.3 is 10.1 Å². The molecule has 3 atom stereocenters. The molecule has 0 saturated heterocycles. The molecule has 0 heterocycles. The van der Waals surface area contributed by atoms with Crippen LogP contribution in [-0.4, -0.2) is 12.6 Å². The summed E-state index contributed by atoms with van der Waals surface area (Å²) in [7, 11) is 0. The second-order valence-electron chi connectivity index (χ2n) is 6.04. The van der Waals surface area contributed by atoms with Crippen LogP contribution < -0.4 is 10.1 Å². The van der Waals surface area contributed by atoms with Gasteiger partial charge >= 0.3 is 0 Å². The molecule has 20 heavy (non-hydrogen) atoms. The first kappa shape index (κ1) is 15.8. The Balaban J connectivity index is 1.99. The summed E-state index contributed by atoms with van der Waals surface area (Å²) in [5, 5.41) is 3.36. The molecule has 1 aromatic carbocycles. The fraction of sp³-hybridized carbons (Fsp3) is 0.647. The van der Waals surface area contributed by atoms with E-state index in [0.29, 0.717) is 6.10 Å². The standard InChI is InChI=1S/C17H26BrNO/c1-4-19-11-14-10-16(7-8-17(14)18)20-15-6-5-12(2)13(3)9-15/h7-8,10,12-13,15,19H,4-6,9,11H2,1-3H3. The van der Waals surface area contributed by atoms with E-state index in [9.17, 15) is 0 Å². The van der Waals surface area contributed by atoms with Crippen LogP contribution in [0.2, 0.25) is 0 Å². The van der Waals surface area contributed by atoms with Gasteiger partial charge in [0, 0.05) is 11.0 Å². The maximum absolute atomic E-state index is 6.20. The number of hydrogen-bond acceptors (Lipinski definition) is 2. The number of hydrogen-bond donors (Lipinski definition) is 1. The van der Waals surface area contributed by atoms with Crippen molar-refractivity contribution in [2.24, 2.45) is 11.8 Å². The van der Waals surface area contributed by atoms with Gasteiger partial charge in [-0.25, -0.2) is 0 Å². The van der Waals surface area contributed by atoms with E-state index in [1.807, 2.05) is 0 Å². The van der Waals surface area contributed by atoms with Gasteiger partial charge in [-0.2, -0.15) is 0 Å². The first-order valence-corrected chi connectivity index (χ1v) is 8.55. The summed E-state index contributed by atoms with van der Waals surface area (Å²) in [6, 6.07) is 6.33. The lowest BCUT2D eigenvalue weighted by molar-refractivity contribution is 0.101. The summed E-state index contributed by atoms with van der Waals surface area (Å²) in [5.41, 5.74) is 1.27. The maximum atomic E-state index is 6.20. The molecule has 0 amide bonds. The lowest BCUT2D eigenvalue weighted by Gasteiger charge is -2.32. The van der Waals surface area contributed by atoms with E-state index in [1.54, 1.807) is 0 Å². The number of rotatable bonds is 5. The lowest BCUT2D eigenvalue weighted by Crippen LogP contribution is -2.28. The van der Waals surface area contributed by atoms with Crippen molar-refractivity contribution in [3.05, 3.63) is 28.2 Å². The Morgan fingerprint density at radius 1 is 1.25 bits per heavy atom. The molecular formula is C17H26BrNO. The molecule has 1 aliphatic carbocycles. The largest absolute Gasteiger partial charge is 0.490 e. The highest BCUT2D eigenvalue weighted by atomic mass is 79.9. The van der Waals surface area contributed by atoms with Crippen molar-refractivity contribution in [3.8, 4) is 5.75 Å². The van der Waals surface area contributed by atoms with Crippen LogP contribution >= 0.6 is 15.9 Å². The zero-order chi connectivity index (χ0) is 14.5. The van der Waals surface area contributed by atoms with Crippen molar-refractivity contribution in [1.29, 1.82) is 0 Å². The van der Waals surface area contributed by atoms with Crippen molar-refractivity contribution >= 4 is 15.9 Å². The van der Waals surface area contributed by atoms with Crippen LogP contribution in [0.3, 0.4) is 0 Å². The summed E-state index contributed by atoms with van der Waals surface area (Å²) in [4.78, 5) is 0. The summed E-state index contributed by atoms with van der Waals surface area (Å²) in [6.07, 6.45) is 4.03. The molecule has 0 spiro atoms. The molecular weight excluding hydrogens is 314 g/mol. The molecule has 1 N–H and O–H groups in total. The Kier molecular flexibility index (Phi) is 5.91. The second kappa shape index (κ2) is 7.46. The minimum Gasteiger partial charge on any atom is -0.490 e.